The molecule has 1 aromatic carbocycles. The van der Waals surface area contributed by atoms with Gasteiger partial charge in [0.2, 0.25) is 6.79 Å². The van der Waals surface area contributed by atoms with Crippen LogP contribution in [0.25, 0.3) is 11.8 Å². The normalized spacial score (nSPS) is 12.7. The van der Waals surface area contributed by atoms with Gasteiger partial charge in [-0.2, -0.15) is 5.26 Å². The molecule has 0 atom stereocenters. The predicted octanol–water partition coefficient (Wildman–Crippen LogP) is 3.65. The summed E-state index contributed by atoms with van der Waals surface area (Å²) in [5.41, 5.74) is 3.84. The van der Waals surface area contributed by atoms with Crippen molar-refractivity contribution in [3.8, 4) is 23.3 Å². The molecule has 0 bridgehead atoms. The Bertz CT molecular complexity index is 935. The van der Waals surface area contributed by atoms with Gasteiger partial charge in [0.1, 0.15) is 11.6 Å². The van der Waals surface area contributed by atoms with Crippen molar-refractivity contribution in [3.05, 3.63) is 46.8 Å². The van der Waals surface area contributed by atoms with Crippen LogP contribution in [-0.4, -0.2) is 23.8 Å². The second kappa shape index (κ2) is 8.00. The van der Waals surface area contributed by atoms with Gasteiger partial charge in [0.25, 0.3) is 5.91 Å². The first kappa shape index (κ1) is 18.6. The largest absolute Gasteiger partial charge is 0.454 e. The highest BCUT2D eigenvalue weighted by Crippen LogP contribution is 2.35. The molecule has 2 aromatic rings. The molecule has 1 amide bonds. The Kier molecular flexibility index (Phi) is 5.51. The van der Waals surface area contributed by atoms with Crippen LogP contribution < -0.4 is 14.8 Å². The molecule has 0 radical (unpaired) electrons. The minimum atomic E-state index is -0.334. The number of benzene rings is 1. The molecule has 140 valence electrons. The molecule has 1 aromatic heterocycles. The molecule has 1 aliphatic rings. The van der Waals surface area contributed by atoms with Gasteiger partial charge in [-0.15, -0.1) is 0 Å². The number of carbonyl (C=O) groups is 1. The summed E-state index contributed by atoms with van der Waals surface area (Å²) >= 11 is 0. The quantitative estimate of drug-likeness (QED) is 0.482. The maximum Gasteiger partial charge on any atom is 0.261 e. The summed E-state index contributed by atoms with van der Waals surface area (Å²) in [5, 5.41) is 12.2. The number of fused-ring (bicyclic) bond motifs is 1. The Labute approximate surface area is 159 Å². The molecular formula is C21H23N3O3. The number of nitrogens with one attached hydrogen (secondary N) is 1. The fraction of sp³-hybridized carbons (Fsp3) is 0.333. The van der Waals surface area contributed by atoms with E-state index in [1.807, 2.05) is 44.2 Å². The smallest absolute Gasteiger partial charge is 0.261 e. The van der Waals surface area contributed by atoms with Crippen molar-refractivity contribution < 1.29 is 14.3 Å². The van der Waals surface area contributed by atoms with Gasteiger partial charge in [0.05, 0.1) is 0 Å². The first-order valence-corrected chi connectivity index (χ1v) is 9.04. The predicted molar refractivity (Wildman–Crippen MR) is 103 cm³/mol. The maximum atomic E-state index is 12.2. The zero-order valence-electron chi connectivity index (χ0n) is 15.8. The third-order valence-electron chi connectivity index (χ3n) is 4.57. The maximum absolute atomic E-state index is 12.2. The molecule has 0 fully saturated rings. The first-order valence-electron chi connectivity index (χ1n) is 9.04. The van der Waals surface area contributed by atoms with Crippen LogP contribution in [-0.2, 0) is 4.79 Å². The van der Waals surface area contributed by atoms with E-state index in [9.17, 15) is 10.1 Å². The van der Waals surface area contributed by atoms with E-state index < -0.39 is 0 Å². The number of carbonyl (C=O) groups excluding carboxylic acids is 1. The fourth-order valence-corrected chi connectivity index (χ4v) is 3.13. The van der Waals surface area contributed by atoms with E-state index in [2.05, 4.69) is 16.8 Å². The highest BCUT2D eigenvalue weighted by Gasteiger charge is 2.17. The number of nitriles is 1. The van der Waals surface area contributed by atoms with Gasteiger partial charge >= 0.3 is 0 Å². The summed E-state index contributed by atoms with van der Waals surface area (Å²) in [7, 11) is 0. The molecule has 2 heterocycles. The number of aryl methyl sites for hydroxylation is 1. The van der Waals surface area contributed by atoms with Crippen LogP contribution in [0.2, 0.25) is 0 Å². The Morgan fingerprint density at radius 2 is 2.07 bits per heavy atom. The van der Waals surface area contributed by atoms with Crippen molar-refractivity contribution >= 4 is 12.0 Å². The van der Waals surface area contributed by atoms with Crippen molar-refractivity contribution in [2.75, 3.05) is 13.3 Å². The Hall–Kier alpha value is -3.20. The van der Waals surface area contributed by atoms with Crippen LogP contribution in [0.3, 0.4) is 0 Å². The summed E-state index contributed by atoms with van der Waals surface area (Å²) in [4.78, 5) is 12.2. The third kappa shape index (κ3) is 3.82. The van der Waals surface area contributed by atoms with Gasteiger partial charge in [0.15, 0.2) is 11.5 Å². The molecule has 0 saturated carbocycles. The molecule has 0 aliphatic carbocycles. The zero-order valence-corrected chi connectivity index (χ0v) is 15.8. The zero-order chi connectivity index (χ0) is 19.4. The number of unbranched alkanes of at least 4 members (excludes halogenated alkanes) is 1. The number of rotatable bonds is 6. The molecule has 6 nitrogen and oxygen atoms in total. The summed E-state index contributed by atoms with van der Waals surface area (Å²) in [6.07, 6.45) is 3.53. The van der Waals surface area contributed by atoms with E-state index in [0.717, 1.165) is 41.2 Å². The SMILES string of the molecule is CCCCNC(=O)/C(C#N)=C/c1cc(C)n(-c2ccc3c(c2)OCO3)c1C. The number of hydrogen-bond acceptors (Lipinski definition) is 4. The lowest BCUT2D eigenvalue weighted by Crippen LogP contribution is -2.25. The lowest BCUT2D eigenvalue weighted by Gasteiger charge is -2.10. The molecular weight excluding hydrogens is 342 g/mol. The van der Waals surface area contributed by atoms with E-state index in [0.29, 0.717) is 12.3 Å². The molecule has 3 rings (SSSR count). The third-order valence-corrected chi connectivity index (χ3v) is 4.57. The van der Waals surface area contributed by atoms with Gasteiger partial charge in [0, 0.05) is 29.7 Å². The molecule has 1 N–H and O–H groups in total. The first-order chi connectivity index (χ1) is 13.0. The van der Waals surface area contributed by atoms with E-state index in [4.69, 9.17) is 9.47 Å². The fourth-order valence-electron chi connectivity index (χ4n) is 3.13. The van der Waals surface area contributed by atoms with Crippen LogP contribution in [0.1, 0.15) is 36.7 Å². The molecule has 27 heavy (non-hydrogen) atoms. The summed E-state index contributed by atoms with van der Waals surface area (Å²) in [6, 6.07) is 9.75. The number of hydrogen-bond donors (Lipinski definition) is 1. The minimum absolute atomic E-state index is 0.108. The van der Waals surface area contributed by atoms with Crippen molar-refractivity contribution in [2.24, 2.45) is 0 Å². The second-order valence-electron chi connectivity index (χ2n) is 6.48. The second-order valence-corrected chi connectivity index (χ2v) is 6.48. The van der Waals surface area contributed by atoms with Crippen molar-refractivity contribution in [2.45, 2.75) is 33.6 Å². The van der Waals surface area contributed by atoms with E-state index in [1.165, 1.54) is 0 Å². The van der Waals surface area contributed by atoms with Crippen molar-refractivity contribution in [1.82, 2.24) is 9.88 Å². The van der Waals surface area contributed by atoms with Crippen molar-refractivity contribution in [3.63, 3.8) is 0 Å². The molecule has 6 heteroatoms. The van der Waals surface area contributed by atoms with Crippen molar-refractivity contribution in [1.29, 1.82) is 5.26 Å². The molecule has 0 spiro atoms. The lowest BCUT2D eigenvalue weighted by atomic mass is 10.1. The average molecular weight is 365 g/mol. The topological polar surface area (TPSA) is 76.3 Å². The van der Waals surface area contributed by atoms with Crippen LogP contribution in [0.15, 0.2) is 29.8 Å². The summed E-state index contributed by atoms with van der Waals surface area (Å²) in [5.74, 6) is 1.11. The number of aromatic nitrogens is 1. The van der Waals surface area contributed by atoms with Gasteiger partial charge in [-0.25, -0.2) is 0 Å². The number of ether oxygens (including phenoxy) is 2. The average Bonchev–Trinajstić information content (AvgIpc) is 3.23. The number of nitrogens with zero attached hydrogens (tertiary/aromatic N) is 2. The van der Waals surface area contributed by atoms with Crippen LogP contribution >= 0.6 is 0 Å². The summed E-state index contributed by atoms with van der Waals surface area (Å²) < 4.78 is 12.9. The highest BCUT2D eigenvalue weighted by atomic mass is 16.7. The van der Waals surface area contributed by atoms with Gasteiger partial charge in [-0.05, 0) is 50.1 Å². The molecule has 0 saturated heterocycles. The Morgan fingerprint density at radius 1 is 1.30 bits per heavy atom. The Balaban J connectivity index is 1.91. The van der Waals surface area contributed by atoms with Crippen LogP contribution in [0.5, 0.6) is 11.5 Å². The lowest BCUT2D eigenvalue weighted by molar-refractivity contribution is -0.117. The molecule has 0 unspecified atom stereocenters. The van der Waals surface area contributed by atoms with Crippen LogP contribution in [0, 0.1) is 25.2 Å². The molecule has 1 aliphatic heterocycles. The monoisotopic (exact) mass is 365 g/mol. The van der Waals surface area contributed by atoms with E-state index >= 15 is 0 Å². The minimum Gasteiger partial charge on any atom is -0.454 e. The Morgan fingerprint density at radius 3 is 2.81 bits per heavy atom. The van der Waals surface area contributed by atoms with Gasteiger partial charge in [-0.3, -0.25) is 4.79 Å². The van der Waals surface area contributed by atoms with Gasteiger partial charge in [-0.1, -0.05) is 13.3 Å². The summed E-state index contributed by atoms with van der Waals surface area (Å²) in [6.45, 7) is 6.81. The van der Waals surface area contributed by atoms with E-state index in [1.54, 1.807) is 6.08 Å². The standard InChI is InChI=1S/C21H23N3O3/c1-4-5-8-23-21(25)17(12-22)10-16-9-14(2)24(15(16)3)18-6-7-19-20(11-18)27-13-26-19/h6-7,9-11H,4-5,8,13H2,1-3H3,(H,23,25)/b17-10+. The number of amides is 1. The van der Waals surface area contributed by atoms with E-state index in [-0.39, 0.29) is 18.3 Å². The van der Waals surface area contributed by atoms with Crippen LogP contribution in [0.4, 0.5) is 0 Å². The van der Waals surface area contributed by atoms with Gasteiger partial charge < -0.3 is 19.4 Å². The highest BCUT2D eigenvalue weighted by molar-refractivity contribution is 6.01.